The van der Waals surface area contributed by atoms with Crippen LogP contribution in [0.15, 0.2) is 17.5 Å². The van der Waals surface area contributed by atoms with Crippen LogP contribution in [-0.2, 0) is 9.47 Å². The van der Waals surface area contributed by atoms with Gasteiger partial charge in [0.05, 0.1) is 11.5 Å². The fraction of sp³-hybridized carbons (Fsp3) is 0.444. The van der Waals surface area contributed by atoms with Crippen molar-refractivity contribution in [1.29, 1.82) is 0 Å². The molecule has 6 heteroatoms. The van der Waals surface area contributed by atoms with Crippen LogP contribution in [-0.4, -0.2) is 32.2 Å². The monoisotopic (exact) mass is 246 g/mol. The molecule has 0 spiro atoms. The predicted octanol–water partition coefficient (Wildman–Crippen LogP) is 1.65. The Bertz CT molecular complexity index is 286. The molecule has 0 bridgehead atoms. The van der Waals surface area contributed by atoms with E-state index in [4.69, 9.17) is 21.7 Å². The minimum absolute atomic E-state index is 0.284. The smallest absolute Gasteiger partial charge is 0.174 e. The second-order valence-electron chi connectivity index (χ2n) is 2.71. The number of thiophene rings is 1. The van der Waals surface area contributed by atoms with Crippen molar-refractivity contribution in [2.45, 2.75) is 6.29 Å². The number of hydrogen-bond donors (Lipinski definition) is 2. The van der Waals surface area contributed by atoms with E-state index in [9.17, 15) is 0 Å². The Morgan fingerprint density at radius 1 is 1.53 bits per heavy atom. The lowest BCUT2D eigenvalue weighted by molar-refractivity contribution is -0.0964. The molecule has 0 aliphatic carbocycles. The molecular weight excluding hydrogens is 232 g/mol. The van der Waals surface area contributed by atoms with Crippen LogP contribution in [0.25, 0.3) is 0 Å². The van der Waals surface area contributed by atoms with Crippen LogP contribution in [0, 0.1) is 0 Å². The summed E-state index contributed by atoms with van der Waals surface area (Å²) in [4.78, 5) is 0. The number of thiocarbonyl (C=S) groups is 1. The van der Waals surface area contributed by atoms with E-state index < -0.39 is 0 Å². The molecule has 1 rings (SSSR count). The topological polar surface area (TPSA) is 42.5 Å². The van der Waals surface area contributed by atoms with Gasteiger partial charge in [-0.25, -0.2) is 0 Å². The van der Waals surface area contributed by atoms with Crippen LogP contribution < -0.4 is 10.6 Å². The van der Waals surface area contributed by atoms with E-state index in [2.05, 4.69) is 10.6 Å². The number of ether oxygens (including phenoxy) is 2. The highest BCUT2D eigenvalue weighted by Gasteiger charge is 2.05. The van der Waals surface area contributed by atoms with Gasteiger partial charge in [-0.05, 0) is 29.7 Å². The molecule has 1 aromatic heterocycles. The number of rotatable bonds is 5. The predicted molar refractivity (Wildman–Crippen MR) is 66.3 cm³/mol. The zero-order valence-electron chi connectivity index (χ0n) is 8.65. The lowest BCUT2D eigenvalue weighted by Gasteiger charge is -2.15. The normalized spacial score (nSPS) is 10.3. The lowest BCUT2D eigenvalue weighted by atomic mass is 10.6. The summed E-state index contributed by atoms with van der Waals surface area (Å²) >= 11 is 6.69. The SMILES string of the molecule is COC(CNC(=S)Nc1cccs1)OC. The molecule has 0 aliphatic rings. The minimum Gasteiger partial charge on any atom is -0.357 e. The molecule has 0 saturated carbocycles. The molecule has 1 heterocycles. The van der Waals surface area contributed by atoms with Gasteiger partial charge in [-0.3, -0.25) is 0 Å². The highest BCUT2D eigenvalue weighted by atomic mass is 32.1. The van der Waals surface area contributed by atoms with Crippen molar-refractivity contribution >= 4 is 33.7 Å². The zero-order valence-corrected chi connectivity index (χ0v) is 10.3. The third kappa shape index (κ3) is 4.57. The van der Waals surface area contributed by atoms with Crippen molar-refractivity contribution in [3.8, 4) is 0 Å². The average Bonchev–Trinajstić information content (AvgIpc) is 2.72. The molecule has 0 saturated heterocycles. The molecule has 0 atom stereocenters. The van der Waals surface area contributed by atoms with Gasteiger partial charge >= 0.3 is 0 Å². The van der Waals surface area contributed by atoms with Gasteiger partial charge < -0.3 is 20.1 Å². The van der Waals surface area contributed by atoms with Crippen LogP contribution in [0.4, 0.5) is 5.00 Å². The molecule has 15 heavy (non-hydrogen) atoms. The highest BCUT2D eigenvalue weighted by molar-refractivity contribution is 7.80. The van der Waals surface area contributed by atoms with E-state index in [0.29, 0.717) is 11.7 Å². The molecule has 4 nitrogen and oxygen atoms in total. The summed E-state index contributed by atoms with van der Waals surface area (Å²) in [7, 11) is 3.18. The van der Waals surface area contributed by atoms with Gasteiger partial charge in [-0.15, -0.1) is 11.3 Å². The molecule has 0 amide bonds. The Labute approximate surface area is 98.6 Å². The fourth-order valence-corrected chi connectivity index (χ4v) is 1.82. The van der Waals surface area contributed by atoms with E-state index in [1.807, 2.05) is 17.5 Å². The molecule has 0 aliphatic heterocycles. The molecule has 0 fully saturated rings. The first kappa shape index (κ1) is 12.4. The van der Waals surface area contributed by atoms with Gasteiger partial charge in [0.15, 0.2) is 11.4 Å². The fourth-order valence-electron chi connectivity index (χ4n) is 0.945. The number of anilines is 1. The van der Waals surface area contributed by atoms with Gasteiger partial charge in [0.1, 0.15) is 0 Å². The summed E-state index contributed by atoms with van der Waals surface area (Å²) in [5, 5.41) is 9.62. The van der Waals surface area contributed by atoms with Gasteiger partial charge in [0, 0.05) is 14.2 Å². The second-order valence-corrected chi connectivity index (χ2v) is 4.07. The maximum atomic E-state index is 5.09. The quantitative estimate of drug-likeness (QED) is 0.611. The average molecular weight is 246 g/mol. The highest BCUT2D eigenvalue weighted by Crippen LogP contribution is 2.14. The molecule has 84 valence electrons. The Kier molecular flexibility index (Phi) is 5.56. The Morgan fingerprint density at radius 3 is 2.80 bits per heavy atom. The van der Waals surface area contributed by atoms with Crippen LogP contribution in [0.3, 0.4) is 0 Å². The second kappa shape index (κ2) is 6.73. The molecular formula is C9H14N2O2S2. The minimum atomic E-state index is -0.284. The van der Waals surface area contributed by atoms with Crippen molar-refractivity contribution in [3.05, 3.63) is 17.5 Å². The Balaban J connectivity index is 2.24. The third-order valence-electron chi connectivity index (χ3n) is 1.71. The van der Waals surface area contributed by atoms with Crippen molar-refractivity contribution < 1.29 is 9.47 Å². The van der Waals surface area contributed by atoms with Gasteiger partial charge in [-0.1, -0.05) is 0 Å². The molecule has 2 N–H and O–H groups in total. The van der Waals surface area contributed by atoms with Gasteiger partial charge in [-0.2, -0.15) is 0 Å². The molecule has 0 radical (unpaired) electrons. The van der Waals surface area contributed by atoms with Crippen molar-refractivity contribution in [2.24, 2.45) is 0 Å². The Morgan fingerprint density at radius 2 is 2.27 bits per heavy atom. The summed E-state index contributed by atoms with van der Waals surface area (Å²) in [5.41, 5.74) is 0. The van der Waals surface area contributed by atoms with Crippen LogP contribution >= 0.6 is 23.6 Å². The van der Waals surface area contributed by atoms with Crippen LogP contribution in [0.5, 0.6) is 0 Å². The van der Waals surface area contributed by atoms with Gasteiger partial charge in [0.2, 0.25) is 0 Å². The van der Waals surface area contributed by atoms with E-state index in [1.165, 1.54) is 0 Å². The molecule has 0 unspecified atom stereocenters. The summed E-state index contributed by atoms with van der Waals surface area (Å²) < 4.78 is 10.0. The van der Waals surface area contributed by atoms with E-state index >= 15 is 0 Å². The largest absolute Gasteiger partial charge is 0.357 e. The maximum absolute atomic E-state index is 5.09. The van der Waals surface area contributed by atoms with Crippen molar-refractivity contribution in [1.82, 2.24) is 5.32 Å². The van der Waals surface area contributed by atoms with E-state index in [0.717, 1.165) is 5.00 Å². The van der Waals surface area contributed by atoms with Crippen molar-refractivity contribution in [3.63, 3.8) is 0 Å². The summed E-state index contributed by atoms with van der Waals surface area (Å²) in [6, 6.07) is 3.92. The standard InChI is InChI=1S/C9H14N2O2S2/c1-12-8(13-2)6-10-9(14)11-7-4-3-5-15-7/h3-5,8H,6H2,1-2H3,(H2,10,11,14). The van der Waals surface area contributed by atoms with Crippen molar-refractivity contribution in [2.75, 3.05) is 26.1 Å². The first-order chi connectivity index (χ1) is 7.26. The summed E-state index contributed by atoms with van der Waals surface area (Å²) in [5.74, 6) is 0. The first-order valence-corrected chi connectivity index (χ1v) is 5.69. The molecule has 0 aromatic carbocycles. The van der Waals surface area contributed by atoms with E-state index in [1.54, 1.807) is 25.6 Å². The van der Waals surface area contributed by atoms with Crippen LogP contribution in [0.2, 0.25) is 0 Å². The molecule has 1 aromatic rings. The summed E-state index contributed by atoms with van der Waals surface area (Å²) in [6.07, 6.45) is -0.284. The van der Waals surface area contributed by atoms with Gasteiger partial charge in [0.25, 0.3) is 0 Å². The van der Waals surface area contributed by atoms with Crippen LogP contribution in [0.1, 0.15) is 0 Å². The Hall–Kier alpha value is -0.690. The summed E-state index contributed by atoms with van der Waals surface area (Å²) in [6.45, 7) is 0.518. The maximum Gasteiger partial charge on any atom is 0.174 e. The number of methoxy groups -OCH3 is 2. The van der Waals surface area contributed by atoms with E-state index in [-0.39, 0.29) is 6.29 Å². The number of nitrogens with one attached hydrogen (secondary N) is 2. The first-order valence-electron chi connectivity index (χ1n) is 4.40. The zero-order chi connectivity index (χ0) is 11.1. The lowest BCUT2D eigenvalue weighted by Crippen LogP contribution is -2.36. The number of hydrogen-bond acceptors (Lipinski definition) is 4. The third-order valence-corrected chi connectivity index (χ3v) is 2.74.